The molecule has 0 aromatic heterocycles. The van der Waals surface area contributed by atoms with Gasteiger partial charge < -0.3 is 4.74 Å². The minimum atomic E-state index is -0.811. The third-order valence-corrected chi connectivity index (χ3v) is 1.76. The molecule has 0 aliphatic rings. The van der Waals surface area contributed by atoms with Gasteiger partial charge in [-0.1, -0.05) is 30.3 Å². The number of hydrogen-bond donors (Lipinski definition) is 0. The van der Waals surface area contributed by atoms with Crippen LogP contribution in [0, 0.1) is 12.3 Å². The summed E-state index contributed by atoms with van der Waals surface area (Å²) in [6, 6.07) is 8.67. The molecule has 3 nitrogen and oxygen atoms in total. The zero-order valence-electron chi connectivity index (χ0n) is 8.77. The van der Waals surface area contributed by atoms with Crippen molar-refractivity contribution in [2.45, 2.75) is 6.92 Å². The fourth-order valence-corrected chi connectivity index (χ4v) is 1.08. The maximum absolute atomic E-state index is 11.6. The summed E-state index contributed by atoms with van der Waals surface area (Å²) in [7, 11) is 0. The average Bonchev–Trinajstić information content (AvgIpc) is 2.29. The number of ketones is 1. The molecule has 0 bridgehead atoms. The summed E-state index contributed by atoms with van der Waals surface area (Å²) < 4.78 is 4.66. The molecule has 1 aromatic carbocycles. The lowest BCUT2D eigenvalue weighted by molar-refractivity contribution is -0.132. The van der Waals surface area contributed by atoms with Crippen molar-refractivity contribution in [2.75, 3.05) is 0 Å². The molecule has 0 amide bonds. The van der Waals surface area contributed by atoms with E-state index in [4.69, 9.17) is 6.42 Å². The standard InChI is InChI=1S/C13H10O3/c1-3-13(15)16-10(2)9-12(14)11-7-5-4-6-8-11/h1,4-9H,2H3. The Balaban J connectivity index is 2.74. The van der Waals surface area contributed by atoms with Crippen LogP contribution in [0.3, 0.4) is 0 Å². The molecule has 0 heterocycles. The van der Waals surface area contributed by atoms with Crippen LogP contribution in [0.15, 0.2) is 42.2 Å². The van der Waals surface area contributed by atoms with E-state index in [1.807, 2.05) is 6.07 Å². The highest BCUT2D eigenvalue weighted by molar-refractivity contribution is 6.04. The van der Waals surface area contributed by atoms with Gasteiger partial charge in [0.2, 0.25) is 0 Å². The number of rotatable bonds is 3. The van der Waals surface area contributed by atoms with Gasteiger partial charge in [0, 0.05) is 17.6 Å². The first-order valence-corrected chi connectivity index (χ1v) is 4.59. The van der Waals surface area contributed by atoms with E-state index in [1.54, 1.807) is 30.2 Å². The first-order valence-electron chi connectivity index (χ1n) is 4.59. The summed E-state index contributed by atoms with van der Waals surface area (Å²) in [5, 5.41) is 0. The first-order chi connectivity index (χ1) is 7.63. The van der Waals surface area contributed by atoms with Crippen LogP contribution in [0.5, 0.6) is 0 Å². The Morgan fingerprint density at radius 3 is 2.50 bits per heavy atom. The summed E-state index contributed by atoms with van der Waals surface area (Å²) in [6.45, 7) is 1.50. The maximum Gasteiger partial charge on any atom is 0.389 e. The molecule has 0 N–H and O–H groups in total. The van der Waals surface area contributed by atoms with E-state index in [0.717, 1.165) is 0 Å². The largest absolute Gasteiger partial charge is 0.422 e. The van der Waals surface area contributed by atoms with Crippen LogP contribution in [0.2, 0.25) is 0 Å². The number of hydrogen-bond acceptors (Lipinski definition) is 3. The van der Waals surface area contributed by atoms with Gasteiger partial charge >= 0.3 is 5.97 Å². The molecule has 0 aliphatic carbocycles. The summed E-state index contributed by atoms with van der Waals surface area (Å²) in [4.78, 5) is 22.3. The zero-order chi connectivity index (χ0) is 12.0. The van der Waals surface area contributed by atoms with Crippen LogP contribution in [-0.2, 0) is 9.53 Å². The second kappa shape index (κ2) is 5.52. The van der Waals surface area contributed by atoms with Crippen molar-refractivity contribution in [3.63, 3.8) is 0 Å². The summed E-state index contributed by atoms with van der Waals surface area (Å²) in [5.41, 5.74) is 0.526. The molecule has 3 heteroatoms. The third-order valence-electron chi connectivity index (χ3n) is 1.76. The molecular weight excluding hydrogens is 204 g/mol. The Hall–Kier alpha value is -2.34. The van der Waals surface area contributed by atoms with Crippen molar-refractivity contribution in [1.82, 2.24) is 0 Å². The minimum Gasteiger partial charge on any atom is -0.422 e. The van der Waals surface area contributed by atoms with Gasteiger partial charge in [-0.15, -0.1) is 6.42 Å². The molecule has 0 saturated carbocycles. The SMILES string of the molecule is C#CC(=O)OC(C)=CC(=O)c1ccccc1. The van der Waals surface area contributed by atoms with Gasteiger partial charge in [-0.25, -0.2) is 4.79 Å². The van der Waals surface area contributed by atoms with E-state index in [2.05, 4.69) is 4.74 Å². The van der Waals surface area contributed by atoms with Crippen molar-refractivity contribution in [3.8, 4) is 12.3 Å². The molecule has 0 aliphatic heterocycles. The number of carbonyl (C=O) groups excluding carboxylic acids is 2. The lowest BCUT2D eigenvalue weighted by Crippen LogP contribution is -2.01. The molecule has 1 rings (SSSR count). The Morgan fingerprint density at radius 1 is 1.31 bits per heavy atom. The van der Waals surface area contributed by atoms with Gasteiger partial charge in [0.1, 0.15) is 5.76 Å². The smallest absolute Gasteiger partial charge is 0.389 e. The Labute approximate surface area is 93.7 Å². The number of terminal acetylenes is 1. The fraction of sp³-hybridized carbons (Fsp3) is 0.0769. The molecule has 0 spiro atoms. The van der Waals surface area contributed by atoms with E-state index >= 15 is 0 Å². The molecular formula is C13H10O3. The highest BCUT2D eigenvalue weighted by Crippen LogP contribution is 2.04. The topological polar surface area (TPSA) is 43.4 Å². The molecule has 0 fully saturated rings. The van der Waals surface area contributed by atoms with Crippen molar-refractivity contribution in [1.29, 1.82) is 0 Å². The van der Waals surface area contributed by atoms with Crippen molar-refractivity contribution < 1.29 is 14.3 Å². The van der Waals surface area contributed by atoms with Crippen molar-refractivity contribution in [3.05, 3.63) is 47.7 Å². The minimum absolute atomic E-state index is 0.178. The van der Waals surface area contributed by atoms with Gasteiger partial charge in [0.05, 0.1) is 0 Å². The monoisotopic (exact) mass is 214 g/mol. The van der Waals surface area contributed by atoms with Gasteiger partial charge in [0.15, 0.2) is 5.78 Å². The molecule has 1 aromatic rings. The van der Waals surface area contributed by atoms with Crippen LogP contribution >= 0.6 is 0 Å². The maximum atomic E-state index is 11.6. The van der Waals surface area contributed by atoms with Gasteiger partial charge in [-0.05, 0) is 6.92 Å². The van der Waals surface area contributed by atoms with Crippen LogP contribution < -0.4 is 0 Å². The number of allylic oxidation sites excluding steroid dienone is 2. The summed E-state index contributed by atoms with van der Waals surface area (Å²) in [6.07, 6.45) is 6.05. The number of ether oxygens (including phenoxy) is 1. The highest BCUT2D eigenvalue weighted by atomic mass is 16.5. The van der Waals surface area contributed by atoms with Gasteiger partial charge in [0.25, 0.3) is 0 Å². The van der Waals surface area contributed by atoms with Crippen LogP contribution in [0.4, 0.5) is 0 Å². The molecule has 80 valence electrons. The number of esters is 1. The number of carbonyl (C=O) groups is 2. The second-order valence-corrected chi connectivity index (χ2v) is 3.02. The van der Waals surface area contributed by atoms with Gasteiger partial charge in [-0.2, -0.15) is 0 Å². The first kappa shape index (κ1) is 11.7. The average molecular weight is 214 g/mol. The predicted octanol–water partition coefficient (Wildman–Crippen LogP) is 1.95. The van der Waals surface area contributed by atoms with Crippen LogP contribution in [0.25, 0.3) is 0 Å². The molecule has 0 unspecified atom stereocenters. The fourth-order valence-electron chi connectivity index (χ4n) is 1.08. The Kier molecular flexibility index (Phi) is 4.05. The van der Waals surface area contributed by atoms with E-state index in [9.17, 15) is 9.59 Å². The lowest BCUT2D eigenvalue weighted by Gasteiger charge is -1.99. The molecule has 0 atom stereocenters. The second-order valence-electron chi connectivity index (χ2n) is 3.02. The van der Waals surface area contributed by atoms with Crippen molar-refractivity contribution in [2.24, 2.45) is 0 Å². The quantitative estimate of drug-likeness (QED) is 0.193. The molecule has 0 radical (unpaired) electrons. The highest BCUT2D eigenvalue weighted by Gasteiger charge is 2.04. The van der Waals surface area contributed by atoms with Crippen LogP contribution in [-0.4, -0.2) is 11.8 Å². The third kappa shape index (κ3) is 3.43. The normalized spacial score (nSPS) is 10.4. The van der Waals surface area contributed by atoms with E-state index in [1.165, 1.54) is 13.0 Å². The summed E-state index contributed by atoms with van der Waals surface area (Å²) >= 11 is 0. The predicted molar refractivity (Wildman–Crippen MR) is 59.5 cm³/mol. The number of benzene rings is 1. The molecule has 0 saturated heterocycles. The Bertz CT molecular complexity index is 464. The molecule has 16 heavy (non-hydrogen) atoms. The van der Waals surface area contributed by atoms with Crippen LogP contribution in [0.1, 0.15) is 17.3 Å². The summed E-state index contributed by atoms with van der Waals surface area (Å²) in [5.74, 6) is 0.929. The van der Waals surface area contributed by atoms with Crippen molar-refractivity contribution >= 4 is 11.8 Å². The van der Waals surface area contributed by atoms with E-state index in [0.29, 0.717) is 5.56 Å². The zero-order valence-corrected chi connectivity index (χ0v) is 8.77. The van der Waals surface area contributed by atoms with E-state index < -0.39 is 5.97 Å². The Morgan fingerprint density at radius 2 is 1.94 bits per heavy atom. The van der Waals surface area contributed by atoms with Gasteiger partial charge in [-0.3, -0.25) is 4.79 Å². The lowest BCUT2D eigenvalue weighted by atomic mass is 10.1. The van der Waals surface area contributed by atoms with E-state index in [-0.39, 0.29) is 11.5 Å².